The van der Waals surface area contributed by atoms with Gasteiger partial charge >= 0.3 is 5.69 Å². The van der Waals surface area contributed by atoms with Crippen LogP contribution in [0.5, 0.6) is 0 Å². The van der Waals surface area contributed by atoms with Crippen LogP contribution in [-0.4, -0.2) is 41.4 Å². The Morgan fingerprint density at radius 1 is 1.50 bits per heavy atom. The first kappa shape index (κ1) is 14.7. The molecule has 0 spiro atoms. The third kappa shape index (κ3) is 3.81. The molecule has 8 heteroatoms. The van der Waals surface area contributed by atoms with E-state index in [9.17, 15) is 10.1 Å². The highest BCUT2D eigenvalue weighted by Crippen LogP contribution is 2.30. The van der Waals surface area contributed by atoms with Crippen molar-refractivity contribution < 1.29 is 9.66 Å². The van der Waals surface area contributed by atoms with Gasteiger partial charge in [0.05, 0.1) is 4.92 Å². The summed E-state index contributed by atoms with van der Waals surface area (Å²) in [6, 6.07) is 0. The fraction of sp³-hybridized carbons (Fsp3) is 0.600. The molecule has 1 N–H and O–H groups in total. The summed E-state index contributed by atoms with van der Waals surface area (Å²) in [6.45, 7) is 2.24. The minimum absolute atomic E-state index is 0.0172. The number of anilines is 1. The first-order chi connectivity index (χ1) is 8.60. The third-order valence-corrected chi connectivity index (χ3v) is 3.21. The average molecular weight is 272 g/mol. The van der Waals surface area contributed by atoms with Gasteiger partial charge in [-0.1, -0.05) is 11.8 Å². The third-order valence-electron chi connectivity index (χ3n) is 2.16. The maximum atomic E-state index is 11.0. The summed E-state index contributed by atoms with van der Waals surface area (Å²) in [6.07, 6.45) is 0.816. The number of aromatic nitrogens is 2. The topological polar surface area (TPSA) is 90.2 Å². The van der Waals surface area contributed by atoms with Gasteiger partial charge in [-0.2, -0.15) is 4.98 Å². The number of methoxy groups -OCH3 is 1. The van der Waals surface area contributed by atoms with Crippen molar-refractivity contribution in [2.45, 2.75) is 18.4 Å². The fourth-order valence-corrected chi connectivity index (χ4v) is 2.30. The van der Waals surface area contributed by atoms with Crippen LogP contribution in [0.25, 0.3) is 0 Å². The van der Waals surface area contributed by atoms with E-state index < -0.39 is 4.92 Å². The van der Waals surface area contributed by atoms with Gasteiger partial charge < -0.3 is 10.1 Å². The van der Waals surface area contributed by atoms with Crippen molar-refractivity contribution in [2.75, 3.05) is 31.8 Å². The van der Waals surface area contributed by atoms with Gasteiger partial charge in [0.1, 0.15) is 5.69 Å². The normalized spacial score (nSPS) is 10.4. The van der Waals surface area contributed by atoms with E-state index in [1.54, 1.807) is 21.1 Å². The van der Waals surface area contributed by atoms with Gasteiger partial charge in [0.2, 0.25) is 5.95 Å². The molecule has 0 bridgehead atoms. The van der Waals surface area contributed by atoms with Crippen molar-refractivity contribution in [3.8, 4) is 0 Å². The van der Waals surface area contributed by atoms with Gasteiger partial charge in [-0.25, -0.2) is 4.98 Å². The van der Waals surface area contributed by atoms with Gasteiger partial charge in [0.15, 0.2) is 5.03 Å². The van der Waals surface area contributed by atoms with Crippen LogP contribution in [-0.2, 0) is 4.74 Å². The largest absolute Gasteiger partial charge is 0.385 e. The minimum Gasteiger partial charge on any atom is -0.385 e. The van der Waals surface area contributed by atoms with Gasteiger partial charge in [-0.05, 0) is 13.3 Å². The van der Waals surface area contributed by atoms with Crippen molar-refractivity contribution in [3.05, 3.63) is 15.8 Å². The molecule has 18 heavy (non-hydrogen) atoms. The highest BCUT2D eigenvalue weighted by molar-refractivity contribution is 7.99. The molecule has 0 atom stereocenters. The van der Waals surface area contributed by atoms with E-state index in [-0.39, 0.29) is 5.69 Å². The molecular weight excluding hydrogens is 256 g/mol. The number of hydrogen-bond donors (Lipinski definition) is 1. The second-order valence-electron chi connectivity index (χ2n) is 3.49. The Balaban J connectivity index is 2.91. The van der Waals surface area contributed by atoms with Crippen LogP contribution in [0.4, 0.5) is 11.6 Å². The molecule has 1 aromatic heterocycles. The number of nitrogens with zero attached hydrogens (tertiary/aromatic N) is 3. The SMILES string of the molecule is CNc1nc(C)c([N+](=O)[O-])c(SCCCOC)n1. The first-order valence-electron chi connectivity index (χ1n) is 5.42. The van der Waals surface area contributed by atoms with E-state index in [0.29, 0.717) is 29.0 Å². The number of thioether (sulfide) groups is 1. The Labute approximate surface area is 109 Å². The van der Waals surface area contributed by atoms with Crippen molar-refractivity contribution in [3.63, 3.8) is 0 Å². The molecule has 1 heterocycles. The number of rotatable bonds is 7. The van der Waals surface area contributed by atoms with Crippen molar-refractivity contribution in [2.24, 2.45) is 0 Å². The van der Waals surface area contributed by atoms with Crippen molar-refractivity contribution >= 4 is 23.4 Å². The Morgan fingerprint density at radius 2 is 2.22 bits per heavy atom. The van der Waals surface area contributed by atoms with E-state index in [2.05, 4.69) is 15.3 Å². The summed E-state index contributed by atoms with van der Waals surface area (Å²) < 4.78 is 4.93. The standard InChI is InChI=1S/C10H16N4O3S/c1-7-8(14(15)16)9(13-10(11-2)12-7)18-6-4-5-17-3/h4-6H2,1-3H3,(H,11,12,13). The second kappa shape index (κ2) is 7.12. The van der Waals surface area contributed by atoms with Crippen LogP contribution >= 0.6 is 11.8 Å². The minimum atomic E-state index is -0.437. The average Bonchev–Trinajstić information content (AvgIpc) is 2.33. The molecule has 0 unspecified atom stereocenters. The molecule has 100 valence electrons. The summed E-state index contributed by atoms with van der Waals surface area (Å²) in [4.78, 5) is 18.7. The molecule has 0 aliphatic heterocycles. The van der Waals surface area contributed by atoms with Crippen LogP contribution in [0, 0.1) is 17.0 Å². The fourth-order valence-electron chi connectivity index (χ4n) is 1.34. The Bertz CT molecular complexity index is 428. The Hall–Kier alpha value is -1.41. The number of nitrogens with one attached hydrogen (secondary N) is 1. The van der Waals surface area contributed by atoms with Crippen LogP contribution in [0.3, 0.4) is 0 Å². The Morgan fingerprint density at radius 3 is 2.78 bits per heavy atom. The second-order valence-corrected chi connectivity index (χ2v) is 4.57. The molecule has 0 fully saturated rings. The zero-order chi connectivity index (χ0) is 13.5. The first-order valence-corrected chi connectivity index (χ1v) is 6.41. The number of nitro groups is 1. The van der Waals surface area contributed by atoms with Crippen LogP contribution in [0.1, 0.15) is 12.1 Å². The van der Waals surface area contributed by atoms with Crippen molar-refractivity contribution in [1.82, 2.24) is 9.97 Å². The zero-order valence-corrected chi connectivity index (χ0v) is 11.4. The number of hydrogen-bond acceptors (Lipinski definition) is 7. The van der Waals surface area contributed by atoms with Crippen LogP contribution in [0.2, 0.25) is 0 Å². The van der Waals surface area contributed by atoms with E-state index in [1.807, 2.05) is 0 Å². The van der Waals surface area contributed by atoms with Gasteiger partial charge in [0.25, 0.3) is 0 Å². The van der Waals surface area contributed by atoms with Gasteiger partial charge in [0, 0.05) is 26.5 Å². The lowest BCUT2D eigenvalue weighted by molar-refractivity contribution is -0.389. The lowest BCUT2D eigenvalue weighted by Crippen LogP contribution is -2.05. The predicted octanol–water partition coefficient (Wildman–Crippen LogP) is 1.86. The van der Waals surface area contributed by atoms with E-state index in [1.165, 1.54) is 11.8 Å². The maximum Gasteiger partial charge on any atom is 0.322 e. The molecule has 1 rings (SSSR count). The Kier molecular flexibility index (Phi) is 5.79. The lowest BCUT2D eigenvalue weighted by Gasteiger charge is -2.06. The molecule has 0 saturated heterocycles. The summed E-state index contributed by atoms with van der Waals surface area (Å²) in [5.41, 5.74) is 0.352. The van der Waals surface area contributed by atoms with Crippen LogP contribution < -0.4 is 5.32 Å². The van der Waals surface area contributed by atoms with E-state index >= 15 is 0 Å². The summed E-state index contributed by atoms with van der Waals surface area (Å²) >= 11 is 1.35. The quantitative estimate of drug-likeness (QED) is 0.266. The summed E-state index contributed by atoms with van der Waals surface area (Å²) in [7, 11) is 3.31. The maximum absolute atomic E-state index is 11.0. The van der Waals surface area contributed by atoms with E-state index in [4.69, 9.17) is 4.74 Å². The summed E-state index contributed by atoms with van der Waals surface area (Å²) in [5.74, 6) is 1.11. The lowest BCUT2D eigenvalue weighted by atomic mass is 10.4. The highest BCUT2D eigenvalue weighted by Gasteiger charge is 2.21. The molecule has 0 amide bonds. The summed E-state index contributed by atoms with van der Waals surface area (Å²) in [5, 5.41) is 14.2. The van der Waals surface area contributed by atoms with Crippen LogP contribution in [0.15, 0.2) is 5.03 Å². The highest BCUT2D eigenvalue weighted by atomic mass is 32.2. The van der Waals surface area contributed by atoms with E-state index in [0.717, 1.165) is 6.42 Å². The van der Waals surface area contributed by atoms with Gasteiger partial charge in [-0.3, -0.25) is 10.1 Å². The molecule has 0 radical (unpaired) electrons. The molecule has 7 nitrogen and oxygen atoms in total. The van der Waals surface area contributed by atoms with Crippen molar-refractivity contribution in [1.29, 1.82) is 0 Å². The predicted molar refractivity (Wildman–Crippen MR) is 70.2 cm³/mol. The zero-order valence-electron chi connectivity index (χ0n) is 10.6. The monoisotopic (exact) mass is 272 g/mol. The number of aryl methyl sites for hydroxylation is 1. The molecule has 1 aromatic rings. The molecule has 0 aliphatic carbocycles. The molecular formula is C10H16N4O3S. The van der Waals surface area contributed by atoms with Gasteiger partial charge in [-0.15, -0.1) is 0 Å². The molecule has 0 aliphatic rings. The number of ether oxygens (including phenoxy) is 1. The molecule has 0 aromatic carbocycles. The smallest absolute Gasteiger partial charge is 0.322 e. The molecule has 0 saturated carbocycles.